The van der Waals surface area contributed by atoms with Gasteiger partial charge >= 0.3 is 6.16 Å². The van der Waals surface area contributed by atoms with Crippen LogP contribution in [-0.4, -0.2) is 62.3 Å². The summed E-state index contributed by atoms with van der Waals surface area (Å²) in [4.78, 5) is 12.3. The molecule has 28 heavy (non-hydrogen) atoms. The molecular formula is C21H21BO6. The molecular weight excluding hydrogens is 359 g/mol. The van der Waals surface area contributed by atoms with E-state index >= 15 is 0 Å². The first-order chi connectivity index (χ1) is 13.6. The molecule has 0 spiro atoms. The molecule has 0 amide bonds. The Bertz CT molecular complexity index is 811. The van der Waals surface area contributed by atoms with Gasteiger partial charge in [0, 0.05) is 12.5 Å². The van der Waals surface area contributed by atoms with Crippen LogP contribution in [0.4, 0.5) is 4.79 Å². The maximum Gasteiger partial charge on any atom is 0.508 e. The first-order valence-corrected chi connectivity index (χ1v) is 9.28. The molecule has 2 aromatic rings. The number of benzene rings is 2. The Morgan fingerprint density at radius 2 is 1.71 bits per heavy atom. The number of carbonyl (C=O) groups is 1. The van der Waals surface area contributed by atoms with E-state index in [0.717, 1.165) is 22.3 Å². The highest BCUT2D eigenvalue weighted by Crippen LogP contribution is 2.44. The van der Waals surface area contributed by atoms with Gasteiger partial charge in [-0.3, -0.25) is 0 Å². The van der Waals surface area contributed by atoms with Crippen molar-refractivity contribution in [2.45, 2.75) is 30.0 Å². The standard InChI is InChI=1S/C21H21BO6/c22-17-11-26-18(9-23)19(24)20(17)28-21(25)27-10-16-14-7-3-1-5-12(14)13-6-2-4-8-15(13)16/h1-8,16-20,23-24H,9-11H2/t17?,18?,19?,20-/m1/s1. The van der Waals surface area contributed by atoms with E-state index in [-0.39, 0.29) is 19.1 Å². The van der Waals surface area contributed by atoms with Crippen LogP contribution >= 0.6 is 0 Å². The number of hydrogen-bond donors (Lipinski definition) is 2. The summed E-state index contributed by atoms with van der Waals surface area (Å²) in [5.74, 6) is -0.781. The Hall–Kier alpha value is -2.35. The van der Waals surface area contributed by atoms with Crippen molar-refractivity contribution in [3.05, 3.63) is 59.7 Å². The second-order valence-electron chi connectivity index (χ2n) is 7.08. The van der Waals surface area contributed by atoms with Gasteiger partial charge in [0.25, 0.3) is 0 Å². The Morgan fingerprint density at radius 3 is 2.32 bits per heavy atom. The van der Waals surface area contributed by atoms with Crippen molar-refractivity contribution in [1.82, 2.24) is 0 Å². The summed E-state index contributed by atoms with van der Waals surface area (Å²) in [6.45, 7) is -0.202. The minimum Gasteiger partial charge on any atom is -0.433 e. The average molecular weight is 380 g/mol. The van der Waals surface area contributed by atoms with Crippen molar-refractivity contribution in [1.29, 1.82) is 0 Å². The highest BCUT2D eigenvalue weighted by atomic mass is 16.7. The highest BCUT2D eigenvalue weighted by Gasteiger charge is 2.40. The molecule has 0 saturated carbocycles. The van der Waals surface area contributed by atoms with Crippen LogP contribution in [-0.2, 0) is 14.2 Å². The molecule has 1 fully saturated rings. The van der Waals surface area contributed by atoms with E-state index in [2.05, 4.69) is 12.1 Å². The van der Waals surface area contributed by atoms with Crippen LogP contribution in [0.5, 0.6) is 0 Å². The molecule has 3 unspecified atom stereocenters. The van der Waals surface area contributed by atoms with Crippen molar-refractivity contribution < 1.29 is 29.2 Å². The number of ether oxygens (including phenoxy) is 3. The van der Waals surface area contributed by atoms with Gasteiger partial charge in [0.2, 0.25) is 0 Å². The van der Waals surface area contributed by atoms with Gasteiger partial charge in [0.15, 0.2) is 0 Å². The molecule has 0 bridgehead atoms. The minimum atomic E-state index is -1.21. The molecule has 0 aromatic heterocycles. The normalized spacial score (nSPS) is 26.4. The summed E-state index contributed by atoms with van der Waals surface area (Å²) >= 11 is 0. The highest BCUT2D eigenvalue weighted by molar-refractivity contribution is 6.12. The van der Waals surface area contributed by atoms with Gasteiger partial charge in [0.05, 0.1) is 14.5 Å². The number of aliphatic hydroxyl groups excluding tert-OH is 2. The lowest BCUT2D eigenvalue weighted by Crippen LogP contribution is -2.51. The summed E-state index contributed by atoms with van der Waals surface area (Å²) in [6, 6.07) is 16.1. The van der Waals surface area contributed by atoms with E-state index in [1.807, 2.05) is 36.4 Å². The fourth-order valence-electron chi connectivity index (χ4n) is 3.95. The maximum absolute atomic E-state index is 12.3. The van der Waals surface area contributed by atoms with Gasteiger partial charge < -0.3 is 24.4 Å². The summed E-state index contributed by atoms with van der Waals surface area (Å²) in [7, 11) is 5.88. The molecule has 7 heteroatoms. The van der Waals surface area contributed by atoms with Crippen molar-refractivity contribution in [3.8, 4) is 11.1 Å². The molecule has 1 heterocycles. The lowest BCUT2D eigenvalue weighted by atomic mass is 9.78. The number of rotatable bonds is 4. The Kier molecular flexibility index (Phi) is 5.39. The molecule has 2 radical (unpaired) electrons. The molecule has 4 rings (SSSR count). The number of carbonyl (C=O) groups excluding carboxylic acids is 1. The number of fused-ring (bicyclic) bond motifs is 3. The van der Waals surface area contributed by atoms with Crippen LogP contribution in [0.1, 0.15) is 17.0 Å². The van der Waals surface area contributed by atoms with Gasteiger partial charge in [-0.15, -0.1) is 0 Å². The smallest absolute Gasteiger partial charge is 0.433 e. The van der Waals surface area contributed by atoms with E-state index in [1.54, 1.807) is 0 Å². The molecule has 144 valence electrons. The summed E-state index contributed by atoms with van der Waals surface area (Å²) in [5.41, 5.74) is 4.46. The van der Waals surface area contributed by atoms with Crippen molar-refractivity contribution in [2.75, 3.05) is 19.8 Å². The molecule has 1 aliphatic carbocycles. The van der Waals surface area contributed by atoms with E-state index in [9.17, 15) is 15.0 Å². The number of hydrogen-bond acceptors (Lipinski definition) is 6. The topological polar surface area (TPSA) is 85.2 Å². The lowest BCUT2D eigenvalue weighted by Gasteiger charge is -2.37. The second-order valence-corrected chi connectivity index (χ2v) is 7.08. The fourth-order valence-corrected chi connectivity index (χ4v) is 3.95. The van der Waals surface area contributed by atoms with Gasteiger partial charge in [-0.2, -0.15) is 0 Å². The zero-order valence-electron chi connectivity index (χ0n) is 15.2. The monoisotopic (exact) mass is 380 g/mol. The van der Waals surface area contributed by atoms with E-state index in [1.165, 1.54) is 0 Å². The predicted molar refractivity (Wildman–Crippen MR) is 102 cm³/mol. The molecule has 2 N–H and O–H groups in total. The van der Waals surface area contributed by atoms with E-state index in [4.69, 9.17) is 22.1 Å². The first-order valence-electron chi connectivity index (χ1n) is 9.28. The van der Waals surface area contributed by atoms with E-state index in [0.29, 0.717) is 0 Å². The second kappa shape index (κ2) is 7.95. The zero-order valence-corrected chi connectivity index (χ0v) is 15.2. The van der Waals surface area contributed by atoms with Gasteiger partial charge in [0.1, 0.15) is 24.9 Å². The predicted octanol–water partition coefficient (Wildman–Crippen LogP) is 2.03. The molecule has 1 saturated heterocycles. The van der Waals surface area contributed by atoms with Gasteiger partial charge in [-0.1, -0.05) is 48.5 Å². The van der Waals surface area contributed by atoms with Crippen molar-refractivity contribution in [3.63, 3.8) is 0 Å². The van der Waals surface area contributed by atoms with Crippen LogP contribution in [0.3, 0.4) is 0 Å². The zero-order chi connectivity index (χ0) is 19.7. The maximum atomic E-state index is 12.3. The summed E-state index contributed by atoms with van der Waals surface area (Å²) in [6.07, 6.45) is -3.96. The van der Waals surface area contributed by atoms with E-state index < -0.39 is 36.9 Å². The molecule has 2 aliphatic rings. The molecule has 2 aromatic carbocycles. The van der Waals surface area contributed by atoms with Crippen LogP contribution < -0.4 is 0 Å². The number of aliphatic hydroxyl groups is 2. The van der Waals surface area contributed by atoms with Crippen LogP contribution in [0, 0.1) is 0 Å². The largest absolute Gasteiger partial charge is 0.508 e. The SMILES string of the molecule is [B]C1COC(CO)C(O)[C@@H]1OC(=O)OCC1c2ccccc2-c2ccccc21. The Morgan fingerprint density at radius 1 is 1.11 bits per heavy atom. The quantitative estimate of drug-likeness (QED) is 0.624. The van der Waals surface area contributed by atoms with Crippen molar-refractivity contribution >= 4 is 14.0 Å². The first kappa shape index (κ1) is 19.0. The van der Waals surface area contributed by atoms with Gasteiger partial charge in [-0.05, 0) is 28.1 Å². The third-order valence-corrected chi connectivity index (χ3v) is 5.38. The van der Waals surface area contributed by atoms with Gasteiger partial charge in [-0.25, -0.2) is 4.79 Å². The van der Waals surface area contributed by atoms with Crippen LogP contribution in [0.2, 0.25) is 5.82 Å². The molecule has 6 nitrogen and oxygen atoms in total. The Labute approximate surface area is 164 Å². The molecule has 1 aliphatic heterocycles. The molecule has 4 atom stereocenters. The Balaban J connectivity index is 1.44. The minimum absolute atomic E-state index is 0.0730. The van der Waals surface area contributed by atoms with Crippen molar-refractivity contribution in [2.24, 2.45) is 0 Å². The third kappa shape index (κ3) is 3.41. The lowest BCUT2D eigenvalue weighted by molar-refractivity contribution is -0.154. The fraction of sp³-hybridized carbons (Fsp3) is 0.381. The summed E-state index contributed by atoms with van der Waals surface area (Å²) < 4.78 is 15.9. The van der Waals surface area contributed by atoms with Crippen LogP contribution in [0.25, 0.3) is 11.1 Å². The third-order valence-electron chi connectivity index (χ3n) is 5.38. The summed E-state index contributed by atoms with van der Waals surface area (Å²) in [5, 5.41) is 19.4. The average Bonchev–Trinajstić information content (AvgIpc) is 3.03. The van der Waals surface area contributed by atoms with Crippen LogP contribution in [0.15, 0.2) is 48.5 Å².